The quantitative estimate of drug-likeness (QED) is 0.709. The van der Waals surface area contributed by atoms with Crippen molar-refractivity contribution >= 4 is 19.7 Å². The third-order valence-corrected chi connectivity index (χ3v) is 4.64. The fourth-order valence-corrected chi connectivity index (χ4v) is 3.90. The van der Waals surface area contributed by atoms with Crippen LogP contribution in [0.4, 0.5) is 0 Å². The largest absolute Gasteiger partial charge is 0.371 e. The van der Waals surface area contributed by atoms with E-state index in [0.29, 0.717) is 0 Å². The van der Waals surface area contributed by atoms with Gasteiger partial charge in [0.1, 0.15) is 0 Å². The summed E-state index contributed by atoms with van der Waals surface area (Å²) in [5.41, 5.74) is -0.00943. The summed E-state index contributed by atoms with van der Waals surface area (Å²) >= 11 is 0. The lowest BCUT2D eigenvalue weighted by atomic mass is 9.83. The van der Waals surface area contributed by atoms with Gasteiger partial charge in [0, 0.05) is 10.7 Å². The molecule has 88 valence electrons. The van der Waals surface area contributed by atoms with E-state index in [9.17, 15) is 8.42 Å². The van der Waals surface area contributed by atoms with E-state index in [1.807, 2.05) is 0 Å². The van der Waals surface area contributed by atoms with Crippen molar-refractivity contribution < 1.29 is 13.2 Å². The first-order valence-corrected chi connectivity index (χ1v) is 8.07. The topological polar surface area (TPSA) is 43.4 Å². The molecule has 2 aliphatic rings. The second-order valence-corrected chi connectivity index (χ2v) is 7.55. The third kappa shape index (κ3) is 3.08. The maximum atomic E-state index is 10.9. The Hall–Kier alpha value is 0.200. The molecule has 0 aromatic heterocycles. The highest BCUT2D eigenvalue weighted by Crippen LogP contribution is 2.42. The maximum absolute atomic E-state index is 10.9. The van der Waals surface area contributed by atoms with Crippen LogP contribution in [0.1, 0.15) is 44.9 Å². The molecule has 1 unspecified atom stereocenters. The molecule has 15 heavy (non-hydrogen) atoms. The summed E-state index contributed by atoms with van der Waals surface area (Å²) in [5.74, 6) is -0.0314. The van der Waals surface area contributed by atoms with Crippen molar-refractivity contribution in [3.8, 4) is 0 Å². The van der Waals surface area contributed by atoms with Gasteiger partial charge in [-0.3, -0.25) is 0 Å². The molecule has 1 saturated heterocycles. The molecule has 0 amide bonds. The van der Waals surface area contributed by atoms with Crippen LogP contribution in [-0.4, -0.2) is 25.9 Å². The molecule has 0 aromatic carbocycles. The predicted molar refractivity (Wildman–Crippen MR) is 59.6 cm³/mol. The van der Waals surface area contributed by atoms with Crippen LogP contribution >= 0.6 is 10.7 Å². The van der Waals surface area contributed by atoms with Crippen LogP contribution in [-0.2, 0) is 13.8 Å². The number of hydrogen-bond donors (Lipinski definition) is 0. The molecule has 1 heterocycles. The van der Waals surface area contributed by atoms with Gasteiger partial charge in [-0.1, -0.05) is 19.3 Å². The second-order valence-electron chi connectivity index (χ2n) is 4.73. The SMILES string of the molecule is O=S(=O)(Cl)CC1CCC2(CCCCC2)O1. The molecule has 5 heteroatoms. The van der Waals surface area contributed by atoms with E-state index in [4.69, 9.17) is 15.4 Å². The van der Waals surface area contributed by atoms with Gasteiger partial charge in [-0.2, -0.15) is 0 Å². The van der Waals surface area contributed by atoms with Crippen LogP contribution in [0.5, 0.6) is 0 Å². The van der Waals surface area contributed by atoms with Crippen LogP contribution in [0.2, 0.25) is 0 Å². The lowest BCUT2D eigenvalue weighted by molar-refractivity contribution is -0.0558. The summed E-state index contributed by atoms with van der Waals surface area (Å²) in [5, 5.41) is 0. The highest BCUT2D eigenvalue weighted by Gasteiger charge is 2.41. The van der Waals surface area contributed by atoms with Crippen molar-refractivity contribution in [1.29, 1.82) is 0 Å². The van der Waals surface area contributed by atoms with Crippen LogP contribution in [0.3, 0.4) is 0 Å². The smallest absolute Gasteiger partial charge is 0.235 e. The van der Waals surface area contributed by atoms with E-state index in [1.54, 1.807) is 0 Å². The standard InChI is InChI=1S/C10H17ClO3S/c11-15(12,13)8-9-4-7-10(14-9)5-2-1-3-6-10/h9H,1-8H2. The normalized spacial score (nSPS) is 30.9. The van der Waals surface area contributed by atoms with Crippen LogP contribution in [0, 0.1) is 0 Å². The van der Waals surface area contributed by atoms with E-state index in [2.05, 4.69) is 0 Å². The van der Waals surface area contributed by atoms with Gasteiger partial charge >= 0.3 is 0 Å². The Labute approximate surface area is 95.6 Å². The van der Waals surface area contributed by atoms with E-state index >= 15 is 0 Å². The van der Waals surface area contributed by atoms with E-state index in [0.717, 1.165) is 25.7 Å². The van der Waals surface area contributed by atoms with Gasteiger partial charge in [-0.05, 0) is 25.7 Å². The number of ether oxygens (including phenoxy) is 1. The summed E-state index contributed by atoms with van der Waals surface area (Å²) in [7, 11) is 1.82. The van der Waals surface area contributed by atoms with Crippen molar-refractivity contribution in [2.75, 3.05) is 5.75 Å². The molecule has 0 bridgehead atoms. The minimum atomic E-state index is -3.42. The minimum absolute atomic E-state index is 0.00943. The Morgan fingerprint density at radius 3 is 2.47 bits per heavy atom. The first-order chi connectivity index (χ1) is 6.99. The summed E-state index contributed by atoms with van der Waals surface area (Å²) in [6.07, 6.45) is 7.54. The molecular weight excluding hydrogens is 236 g/mol. The van der Waals surface area contributed by atoms with Gasteiger partial charge in [0.15, 0.2) is 0 Å². The lowest BCUT2D eigenvalue weighted by Crippen LogP contribution is -2.32. The van der Waals surface area contributed by atoms with Crippen LogP contribution in [0.15, 0.2) is 0 Å². The van der Waals surface area contributed by atoms with Gasteiger partial charge in [-0.25, -0.2) is 8.42 Å². The number of hydrogen-bond acceptors (Lipinski definition) is 3. The van der Waals surface area contributed by atoms with E-state index < -0.39 is 9.05 Å². The Morgan fingerprint density at radius 1 is 1.20 bits per heavy atom. The number of halogens is 1. The molecule has 2 rings (SSSR count). The zero-order valence-electron chi connectivity index (χ0n) is 8.75. The maximum Gasteiger partial charge on any atom is 0.235 e. The number of rotatable bonds is 2. The molecule has 1 aliphatic carbocycles. The van der Waals surface area contributed by atoms with Gasteiger partial charge < -0.3 is 4.74 Å². The summed E-state index contributed by atoms with van der Waals surface area (Å²) in [4.78, 5) is 0. The molecule has 1 aliphatic heterocycles. The predicted octanol–water partition coefficient (Wildman–Crippen LogP) is 2.44. The molecule has 1 saturated carbocycles. The average Bonchev–Trinajstić information content (AvgIpc) is 2.47. The van der Waals surface area contributed by atoms with E-state index in [1.165, 1.54) is 19.3 Å². The molecule has 1 atom stereocenters. The summed E-state index contributed by atoms with van der Waals surface area (Å²) < 4.78 is 27.8. The second kappa shape index (κ2) is 4.22. The van der Waals surface area contributed by atoms with Gasteiger partial charge in [0.2, 0.25) is 9.05 Å². The molecule has 0 N–H and O–H groups in total. The third-order valence-electron chi connectivity index (χ3n) is 3.49. The Bertz CT molecular complexity index is 320. The monoisotopic (exact) mass is 252 g/mol. The first-order valence-electron chi connectivity index (χ1n) is 5.59. The average molecular weight is 253 g/mol. The summed E-state index contributed by atoms with van der Waals surface area (Å²) in [6, 6.07) is 0. The highest BCUT2D eigenvalue weighted by atomic mass is 35.7. The molecule has 1 spiro atoms. The molecule has 0 radical (unpaired) electrons. The molecule has 2 fully saturated rings. The Morgan fingerprint density at radius 2 is 1.87 bits per heavy atom. The minimum Gasteiger partial charge on any atom is -0.371 e. The molecular formula is C10H17ClO3S. The lowest BCUT2D eigenvalue weighted by Gasteiger charge is -2.33. The van der Waals surface area contributed by atoms with Crippen LogP contribution in [0.25, 0.3) is 0 Å². The van der Waals surface area contributed by atoms with Crippen molar-refractivity contribution in [2.24, 2.45) is 0 Å². The highest BCUT2D eigenvalue weighted by molar-refractivity contribution is 8.13. The fraction of sp³-hybridized carbons (Fsp3) is 1.00. The van der Waals surface area contributed by atoms with Gasteiger partial charge in [-0.15, -0.1) is 0 Å². The van der Waals surface area contributed by atoms with E-state index in [-0.39, 0.29) is 17.5 Å². The first kappa shape index (κ1) is 11.7. The zero-order valence-corrected chi connectivity index (χ0v) is 10.3. The fourth-order valence-electron chi connectivity index (χ4n) is 2.80. The molecule has 3 nitrogen and oxygen atoms in total. The van der Waals surface area contributed by atoms with Crippen molar-refractivity contribution in [3.63, 3.8) is 0 Å². The van der Waals surface area contributed by atoms with Crippen LogP contribution < -0.4 is 0 Å². The van der Waals surface area contributed by atoms with Gasteiger partial charge in [0.25, 0.3) is 0 Å². The Balaban J connectivity index is 1.93. The van der Waals surface area contributed by atoms with Crippen molar-refractivity contribution in [2.45, 2.75) is 56.7 Å². The van der Waals surface area contributed by atoms with Crippen molar-refractivity contribution in [3.05, 3.63) is 0 Å². The van der Waals surface area contributed by atoms with Gasteiger partial charge in [0.05, 0.1) is 17.5 Å². The molecule has 0 aromatic rings. The Kier molecular flexibility index (Phi) is 3.29. The summed E-state index contributed by atoms with van der Waals surface area (Å²) in [6.45, 7) is 0. The van der Waals surface area contributed by atoms with Crippen molar-refractivity contribution in [1.82, 2.24) is 0 Å². The zero-order chi connectivity index (χ0) is 10.9.